The summed E-state index contributed by atoms with van der Waals surface area (Å²) in [6.45, 7) is 5.59. The highest BCUT2D eigenvalue weighted by Crippen LogP contribution is 2.46. The molecule has 0 aromatic heterocycles. The zero-order chi connectivity index (χ0) is 38.3. The average molecular weight is 796 g/mol. The van der Waals surface area contributed by atoms with Crippen molar-refractivity contribution in [1.29, 1.82) is 0 Å². The SMILES string of the molecule is CC(C)(C)OC(=O)C[C@H]1CCCCC/C=C\[C@@H]2C[C@@]2(C(=O)NS(=O)(=O)C2CC2)NC(=O)[C@@H]2C[C@@H](OC(=O)N3CCc4c(Cl)ccc(Cl)c4C3)CN2C1=O. The Morgan fingerprint density at radius 1 is 1.04 bits per heavy atom. The minimum Gasteiger partial charge on any atom is -0.460 e. The monoisotopic (exact) mass is 794 g/mol. The van der Waals surface area contributed by atoms with Crippen molar-refractivity contribution in [3.63, 3.8) is 0 Å². The second kappa shape index (κ2) is 15.4. The van der Waals surface area contributed by atoms with E-state index in [1.807, 2.05) is 12.2 Å². The largest absolute Gasteiger partial charge is 0.460 e. The molecule has 4 amide bonds. The molecule has 0 bridgehead atoms. The van der Waals surface area contributed by atoms with Crippen LogP contribution in [0.3, 0.4) is 0 Å². The fourth-order valence-electron chi connectivity index (χ4n) is 7.53. The molecule has 6 rings (SSSR count). The summed E-state index contributed by atoms with van der Waals surface area (Å²) in [5, 5.41) is 3.22. The van der Waals surface area contributed by atoms with Gasteiger partial charge in [0.25, 0.3) is 5.91 Å². The van der Waals surface area contributed by atoms with Crippen molar-refractivity contribution in [2.45, 2.75) is 126 Å². The lowest BCUT2D eigenvalue weighted by atomic mass is 9.95. The first-order valence-electron chi connectivity index (χ1n) is 18.5. The van der Waals surface area contributed by atoms with Crippen LogP contribution in [0.25, 0.3) is 0 Å². The molecule has 13 nitrogen and oxygen atoms in total. The van der Waals surface area contributed by atoms with E-state index in [-0.39, 0.29) is 32.4 Å². The molecule has 3 fully saturated rings. The van der Waals surface area contributed by atoms with Crippen LogP contribution in [0.4, 0.5) is 4.79 Å². The van der Waals surface area contributed by atoms with Gasteiger partial charge in [0.05, 0.1) is 24.8 Å². The molecule has 0 unspecified atom stereocenters. The minimum absolute atomic E-state index is 0.0714. The third kappa shape index (κ3) is 9.13. The molecule has 5 atom stereocenters. The maximum absolute atomic E-state index is 14.4. The van der Waals surface area contributed by atoms with Gasteiger partial charge in [-0.3, -0.25) is 23.9 Å². The van der Waals surface area contributed by atoms with Crippen molar-refractivity contribution in [3.05, 3.63) is 45.5 Å². The maximum Gasteiger partial charge on any atom is 0.410 e. The van der Waals surface area contributed by atoms with Gasteiger partial charge in [-0.1, -0.05) is 48.2 Å². The molecule has 2 N–H and O–H groups in total. The number of carbonyl (C=O) groups is 5. The fourth-order valence-corrected chi connectivity index (χ4v) is 9.40. The van der Waals surface area contributed by atoms with Crippen molar-refractivity contribution in [2.24, 2.45) is 11.8 Å². The summed E-state index contributed by atoms with van der Waals surface area (Å²) in [5.41, 5.74) is -0.711. The first-order chi connectivity index (χ1) is 25.0. The minimum atomic E-state index is -3.91. The molecule has 16 heteroatoms. The fraction of sp³-hybridized carbons (Fsp3) is 0.649. The highest BCUT2D eigenvalue weighted by Gasteiger charge is 2.62. The summed E-state index contributed by atoms with van der Waals surface area (Å²) in [6, 6.07) is 2.22. The molecular formula is C37H48Cl2N4O9S. The average Bonchev–Trinajstić information content (AvgIpc) is 4.01. The van der Waals surface area contributed by atoms with Gasteiger partial charge >= 0.3 is 12.1 Å². The maximum atomic E-state index is 14.4. The van der Waals surface area contributed by atoms with Crippen LogP contribution in [0.15, 0.2) is 24.3 Å². The zero-order valence-electron chi connectivity index (χ0n) is 30.3. The van der Waals surface area contributed by atoms with Crippen LogP contribution < -0.4 is 10.0 Å². The number of sulfonamides is 1. The number of carbonyl (C=O) groups excluding carboxylic acids is 5. The molecule has 5 aliphatic rings. The zero-order valence-corrected chi connectivity index (χ0v) is 32.7. The van der Waals surface area contributed by atoms with Crippen LogP contribution in [0.1, 0.15) is 96.1 Å². The molecule has 3 heterocycles. The normalized spacial score (nSPS) is 28.6. The van der Waals surface area contributed by atoms with Crippen LogP contribution in [-0.4, -0.2) is 89.6 Å². The molecule has 1 aromatic carbocycles. The Balaban J connectivity index is 1.25. The number of nitrogens with one attached hydrogen (secondary N) is 2. The van der Waals surface area contributed by atoms with Crippen molar-refractivity contribution in [1.82, 2.24) is 19.8 Å². The van der Waals surface area contributed by atoms with Gasteiger partial charge in [-0.15, -0.1) is 0 Å². The van der Waals surface area contributed by atoms with Gasteiger partial charge in [-0.05, 0) is 89.0 Å². The lowest BCUT2D eigenvalue weighted by Gasteiger charge is -2.30. The van der Waals surface area contributed by atoms with Crippen molar-refractivity contribution in [3.8, 4) is 0 Å². The lowest BCUT2D eigenvalue weighted by Crippen LogP contribution is -2.57. The second-order valence-electron chi connectivity index (χ2n) is 15.9. The van der Waals surface area contributed by atoms with Crippen molar-refractivity contribution in [2.75, 3.05) is 13.1 Å². The summed E-state index contributed by atoms with van der Waals surface area (Å²) in [6.07, 6.45) is 6.81. The van der Waals surface area contributed by atoms with Crippen LogP contribution in [-0.2, 0) is 51.6 Å². The summed E-state index contributed by atoms with van der Waals surface area (Å²) < 4.78 is 39.3. The first-order valence-corrected chi connectivity index (χ1v) is 20.8. The van der Waals surface area contributed by atoms with Crippen LogP contribution in [0.5, 0.6) is 0 Å². The number of hydrogen-bond acceptors (Lipinski definition) is 9. The molecular weight excluding hydrogens is 747 g/mol. The van der Waals surface area contributed by atoms with Gasteiger partial charge in [0, 0.05) is 34.8 Å². The molecule has 53 heavy (non-hydrogen) atoms. The standard InChI is InChI=1S/C37H48Cl2N4O9S/c1-36(2,3)52-31(44)17-22-9-7-5-4-6-8-10-23-19-37(23,34(47)41-53(49,50)25-11-12-25)40-32(45)30-18-24(20-43(30)33(22)46)51-35(48)42-16-15-26-27(21-42)29(39)14-13-28(26)38/h8,10,13-14,22-25,30H,4-7,9,11-12,15-21H2,1-3H3,(H,40,45)(H,41,47)/b10-8-/t22-,23-,24-,30+,37-/m1/s1. The molecule has 0 spiro atoms. The molecule has 1 saturated heterocycles. The van der Waals surface area contributed by atoms with E-state index in [9.17, 15) is 32.4 Å². The van der Waals surface area contributed by atoms with Crippen molar-refractivity contribution < 1.29 is 41.9 Å². The number of ether oxygens (including phenoxy) is 2. The third-order valence-electron chi connectivity index (χ3n) is 10.6. The number of rotatable bonds is 6. The van der Waals surface area contributed by atoms with Crippen LogP contribution >= 0.6 is 23.2 Å². The lowest BCUT2D eigenvalue weighted by molar-refractivity contribution is -0.159. The van der Waals surface area contributed by atoms with Crippen molar-refractivity contribution >= 4 is 63.0 Å². The van der Waals surface area contributed by atoms with Gasteiger partial charge in [-0.25, -0.2) is 13.2 Å². The third-order valence-corrected chi connectivity index (χ3v) is 13.1. The Morgan fingerprint density at radius 2 is 1.75 bits per heavy atom. The smallest absolute Gasteiger partial charge is 0.410 e. The Bertz CT molecular complexity index is 1790. The summed E-state index contributed by atoms with van der Waals surface area (Å²) in [5.74, 6) is -3.76. The molecule has 3 aliphatic heterocycles. The predicted molar refractivity (Wildman–Crippen MR) is 196 cm³/mol. The van der Waals surface area contributed by atoms with E-state index in [2.05, 4.69) is 10.0 Å². The number of amides is 4. The Hall–Kier alpha value is -3.36. The molecule has 0 radical (unpaired) electrons. The second-order valence-corrected chi connectivity index (χ2v) is 18.7. The van der Waals surface area contributed by atoms with Gasteiger partial charge < -0.3 is 24.6 Å². The first kappa shape index (κ1) is 39.3. The van der Waals surface area contributed by atoms with E-state index >= 15 is 0 Å². The van der Waals surface area contributed by atoms with Gasteiger partial charge in [0.1, 0.15) is 23.3 Å². The summed E-state index contributed by atoms with van der Waals surface area (Å²) in [7, 11) is -3.91. The van der Waals surface area contributed by atoms with E-state index in [1.54, 1.807) is 32.9 Å². The van der Waals surface area contributed by atoms with Crippen LogP contribution in [0, 0.1) is 11.8 Å². The number of halogens is 2. The van der Waals surface area contributed by atoms with E-state index in [0.29, 0.717) is 55.1 Å². The highest BCUT2D eigenvalue weighted by atomic mass is 35.5. The van der Waals surface area contributed by atoms with E-state index < -0.39 is 80.2 Å². The highest BCUT2D eigenvalue weighted by molar-refractivity contribution is 7.91. The molecule has 2 saturated carbocycles. The van der Waals surface area contributed by atoms with E-state index in [0.717, 1.165) is 24.0 Å². The Labute approximate surface area is 320 Å². The van der Waals surface area contributed by atoms with E-state index in [1.165, 1.54) is 9.80 Å². The van der Waals surface area contributed by atoms with Gasteiger partial charge in [0.2, 0.25) is 21.8 Å². The number of allylic oxidation sites excluding steroid dienone is 1. The van der Waals surface area contributed by atoms with Gasteiger partial charge in [-0.2, -0.15) is 0 Å². The topological polar surface area (TPSA) is 168 Å². The molecule has 2 aliphatic carbocycles. The number of nitrogens with zero attached hydrogens (tertiary/aromatic N) is 2. The van der Waals surface area contributed by atoms with Crippen LogP contribution in [0.2, 0.25) is 10.0 Å². The number of hydrogen-bond donors (Lipinski definition) is 2. The predicted octanol–water partition coefficient (Wildman–Crippen LogP) is 4.81. The quantitative estimate of drug-likeness (QED) is 0.303. The van der Waals surface area contributed by atoms with Gasteiger partial charge in [0.15, 0.2) is 0 Å². The van der Waals surface area contributed by atoms with E-state index in [4.69, 9.17) is 32.7 Å². The number of benzene rings is 1. The number of esters is 1. The molecule has 290 valence electrons. The molecule has 1 aromatic rings. The Morgan fingerprint density at radius 3 is 2.45 bits per heavy atom. The Kier molecular flexibility index (Phi) is 11.4. The summed E-state index contributed by atoms with van der Waals surface area (Å²) >= 11 is 12.8. The number of fused-ring (bicyclic) bond motifs is 3. The summed E-state index contributed by atoms with van der Waals surface area (Å²) in [4.78, 5) is 71.7.